The van der Waals surface area contributed by atoms with Crippen molar-refractivity contribution in [3.63, 3.8) is 0 Å². The van der Waals surface area contributed by atoms with Crippen molar-refractivity contribution in [1.82, 2.24) is 5.32 Å². The number of hydrogen-bond donors (Lipinski definition) is 2. The Balaban J connectivity index is 2.32. The Morgan fingerprint density at radius 3 is 2.52 bits per heavy atom. The van der Waals surface area contributed by atoms with E-state index in [1.807, 2.05) is 24.3 Å². The minimum absolute atomic E-state index is 0.203. The largest absolute Gasteiger partial charge is 0.348 e. The fraction of sp³-hybridized carbons (Fsp3) is 0.0526. The van der Waals surface area contributed by atoms with Crippen LogP contribution in [0.5, 0.6) is 0 Å². The van der Waals surface area contributed by atoms with Gasteiger partial charge in [0.1, 0.15) is 0 Å². The summed E-state index contributed by atoms with van der Waals surface area (Å²) in [5.41, 5.74) is 2.04. The van der Waals surface area contributed by atoms with Gasteiger partial charge in [0.05, 0.1) is 0 Å². The van der Waals surface area contributed by atoms with Crippen LogP contribution in [0.3, 0.4) is 0 Å². The number of benzene rings is 2. The van der Waals surface area contributed by atoms with E-state index in [1.165, 1.54) is 6.21 Å². The number of carbonyl (C=O) groups is 1. The second-order valence-corrected chi connectivity index (χ2v) is 5.36. The fourth-order valence-electron chi connectivity index (χ4n) is 2.30. The van der Waals surface area contributed by atoms with Gasteiger partial charge in [-0.2, -0.15) is 0 Å². The molecule has 0 atom stereocenters. The Kier molecular flexibility index (Phi) is 5.50. The van der Waals surface area contributed by atoms with E-state index in [0.717, 1.165) is 16.3 Å². The van der Waals surface area contributed by atoms with Gasteiger partial charge < -0.3 is 10.7 Å². The zero-order chi connectivity index (χ0) is 16.8. The maximum atomic E-state index is 12.5. The first-order valence-corrected chi connectivity index (χ1v) is 7.43. The summed E-state index contributed by atoms with van der Waals surface area (Å²) in [6.07, 6.45) is 4.60. The highest BCUT2D eigenvalue weighted by Crippen LogP contribution is 2.22. The molecular weight excluding hydrogens is 308 g/mol. The SMILES string of the molecule is C=C/C=C(/CNC(=O)c1ccc(C=N)c2ccccc12)C(=C)Cl. The van der Waals surface area contributed by atoms with E-state index in [-0.39, 0.29) is 12.5 Å². The van der Waals surface area contributed by atoms with Crippen molar-refractivity contribution in [3.8, 4) is 0 Å². The van der Waals surface area contributed by atoms with Crippen LogP contribution in [0.1, 0.15) is 15.9 Å². The number of allylic oxidation sites excluding steroid dienone is 2. The maximum absolute atomic E-state index is 12.5. The Morgan fingerprint density at radius 2 is 1.91 bits per heavy atom. The predicted molar refractivity (Wildman–Crippen MR) is 97.4 cm³/mol. The van der Waals surface area contributed by atoms with Crippen LogP contribution in [-0.4, -0.2) is 18.7 Å². The van der Waals surface area contributed by atoms with Crippen molar-refractivity contribution in [2.75, 3.05) is 6.54 Å². The first-order chi connectivity index (χ1) is 11.1. The topological polar surface area (TPSA) is 53.0 Å². The van der Waals surface area contributed by atoms with Crippen molar-refractivity contribution < 1.29 is 4.79 Å². The zero-order valence-corrected chi connectivity index (χ0v) is 13.4. The second-order valence-electron chi connectivity index (χ2n) is 4.91. The van der Waals surface area contributed by atoms with Crippen LogP contribution < -0.4 is 5.32 Å². The Morgan fingerprint density at radius 1 is 1.22 bits per heavy atom. The summed E-state index contributed by atoms with van der Waals surface area (Å²) in [6, 6.07) is 11.0. The molecule has 0 radical (unpaired) electrons. The molecule has 0 bridgehead atoms. The highest BCUT2D eigenvalue weighted by Gasteiger charge is 2.12. The van der Waals surface area contributed by atoms with Gasteiger partial charge in [-0.25, -0.2) is 0 Å². The van der Waals surface area contributed by atoms with Crippen LogP contribution in [-0.2, 0) is 0 Å². The molecule has 23 heavy (non-hydrogen) atoms. The lowest BCUT2D eigenvalue weighted by Gasteiger charge is -2.11. The summed E-state index contributed by atoms with van der Waals surface area (Å²) in [5.74, 6) is -0.203. The molecule has 2 rings (SSSR count). The first-order valence-electron chi connectivity index (χ1n) is 7.05. The van der Waals surface area contributed by atoms with Crippen LogP contribution in [0.4, 0.5) is 0 Å². The molecule has 0 saturated heterocycles. The normalized spacial score (nSPS) is 11.1. The third-order valence-electron chi connectivity index (χ3n) is 3.46. The van der Waals surface area contributed by atoms with Gasteiger partial charge in [-0.15, -0.1) is 0 Å². The van der Waals surface area contributed by atoms with Crippen LogP contribution in [0, 0.1) is 5.41 Å². The van der Waals surface area contributed by atoms with Gasteiger partial charge >= 0.3 is 0 Å². The molecule has 0 spiro atoms. The number of amides is 1. The fourth-order valence-corrected chi connectivity index (χ4v) is 2.43. The molecule has 0 aliphatic heterocycles. The van der Waals surface area contributed by atoms with E-state index >= 15 is 0 Å². The average molecular weight is 325 g/mol. The van der Waals surface area contributed by atoms with E-state index in [1.54, 1.807) is 24.3 Å². The lowest BCUT2D eigenvalue weighted by Crippen LogP contribution is -2.26. The van der Waals surface area contributed by atoms with E-state index in [2.05, 4.69) is 18.5 Å². The Hall–Kier alpha value is -2.65. The second kappa shape index (κ2) is 7.56. The number of halogens is 1. The molecule has 0 saturated carbocycles. The minimum Gasteiger partial charge on any atom is -0.348 e. The third-order valence-corrected chi connectivity index (χ3v) is 3.71. The summed E-state index contributed by atoms with van der Waals surface area (Å²) in [7, 11) is 0. The monoisotopic (exact) mass is 324 g/mol. The van der Waals surface area contributed by atoms with Crippen LogP contribution in [0.15, 0.2) is 72.3 Å². The van der Waals surface area contributed by atoms with Gasteiger partial charge in [0, 0.05) is 23.4 Å². The zero-order valence-electron chi connectivity index (χ0n) is 12.6. The molecule has 0 heterocycles. The summed E-state index contributed by atoms with van der Waals surface area (Å²) in [5, 5.41) is 12.4. The van der Waals surface area contributed by atoms with Crippen LogP contribution in [0.25, 0.3) is 10.8 Å². The highest BCUT2D eigenvalue weighted by molar-refractivity contribution is 6.31. The van der Waals surface area contributed by atoms with Crippen LogP contribution >= 0.6 is 11.6 Å². The smallest absolute Gasteiger partial charge is 0.252 e. The Bertz CT molecular complexity index is 821. The first kappa shape index (κ1) is 16.7. The van der Waals surface area contributed by atoms with Gasteiger partial charge in [-0.05, 0) is 28.0 Å². The molecule has 2 N–H and O–H groups in total. The van der Waals surface area contributed by atoms with Gasteiger partial charge in [-0.3, -0.25) is 4.79 Å². The summed E-state index contributed by atoms with van der Waals surface area (Å²) < 4.78 is 0. The number of carbonyl (C=O) groups excluding carboxylic acids is 1. The highest BCUT2D eigenvalue weighted by atomic mass is 35.5. The van der Waals surface area contributed by atoms with Crippen molar-refractivity contribution in [3.05, 3.63) is 83.4 Å². The molecule has 4 heteroatoms. The molecule has 2 aromatic rings. The van der Waals surface area contributed by atoms with Crippen molar-refractivity contribution >= 4 is 34.5 Å². The van der Waals surface area contributed by atoms with Gasteiger partial charge in [0.25, 0.3) is 5.91 Å². The van der Waals surface area contributed by atoms with Gasteiger partial charge in [-0.1, -0.05) is 67.2 Å². The average Bonchev–Trinajstić information content (AvgIpc) is 2.57. The molecule has 3 nitrogen and oxygen atoms in total. The molecular formula is C19H17ClN2O. The summed E-state index contributed by atoms with van der Waals surface area (Å²) in [6.45, 7) is 7.56. The number of hydrogen-bond acceptors (Lipinski definition) is 2. The van der Waals surface area contributed by atoms with E-state index in [9.17, 15) is 4.79 Å². The minimum atomic E-state index is -0.203. The number of fused-ring (bicyclic) bond motifs is 1. The van der Waals surface area contributed by atoms with E-state index < -0.39 is 0 Å². The van der Waals surface area contributed by atoms with Crippen molar-refractivity contribution in [2.24, 2.45) is 0 Å². The predicted octanol–water partition coefficient (Wildman–Crippen LogP) is 4.43. The molecule has 0 unspecified atom stereocenters. The quantitative estimate of drug-likeness (QED) is 0.599. The third kappa shape index (κ3) is 3.76. The summed E-state index contributed by atoms with van der Waals surface area (Å²) >= 11 is 5.90. The van der Waals surface area contributed by atoms with Crippen molar-refractivity contribution in [2.45, 2.75) is 0 Å². The van der Waals surface area contributed by atoms with Gasteiger partial charge in [0.2, 0.25) is 0 Å². The molecule has 0 aromatic heterocycles. The molecule has 2 aromatic carbocycles. The lowest BCUT2D eigenvalue weighted by atomic mass is 9.99. The molecule has 0 fully saturated rings. The molecule has 0 aliphatic carbocycles. The van der Waals surface area contributed by atoms with Crippen LogP contribution in [0.2, 0.25) is 0 Å². The van der Waals surface area contributed by atoms with E-state index in [4.69, 9.17) is 17.0 Å². The van der Waals surface area contributed by atoms with Gasteiger partial charge in [0.15, 0.2) is 0 Å². The van der Waals surface area contributed by atoms with Crippen molar-refractivity contribution in [1.29, 1.82) is 5.41 Å². The molecule has 1 amide bonds. The van der Waals surface area contributed by atoms with E-state index in [0.29, 0.717) is 16.2 Å². The lowest BCUT2D eigenvalue weighted by molar-refractivity contribution is 0.0959. The molecule has 0 aliphatic rings. The maximum Gasteiger partial charge on any atom is 0.252 e. The summed E-state index contributed by atoms with van der Waals surface area (Å²) in [4.78, 5) is 12.5. The standard InChI is InChI=1S/C19H17ClN2O/c1-3-6-15(13(2)20)12-22-19(23)18-10-9-14(11-21)16-7-4-5-8-17(16)18/h3-11,21H,1-2,12H2,(H,22,23)/b15-6-,21-11?. The molecule has 116 valence electrons. The number of rotatable bonds is 6. The number of nitrogens with one attached hydrogen (secondary N) is 2. The Labute approximate surface area is 140 Å².